The van der Waals surface area contributed by atoms with Gasteiger partial charge in [0.25, 0.3) is 0 Å². The fraction of sp³-hybridized carbons (Fsp3) is 0.600. The molecule has 4 heteroatoms. The van der Waals surface area contributed by atoms with Gasteiger partial charge in [0.2, 0.25) is 0 Å². The van der Waals surface area contributed by atoms with Crippen LogP contribution in [0.2, 0.25) is 5.22 Å². The lowest BCUT2D eigenvalue weighted by atomic mass is 10.2. The second-order valence-corrected chi connectivity index (χ2v) is 4.50. The molecule has 0 aromatic carbocycles. The Morgan fingerprint density at radius 2 is 2.50 bits per heavy atom. The van der Waals surface area contributed by atoms with Crippen molar-refractivity contribution in [3.63, 3.8) is 0 Å². The van der Waals surface area contributed by atoms with Gasteiger partial charge in [-0.1, -0.05) is 0 Å². The number of halogens is 1. The second kappa shape index (κ2) is 3.26. The standard InChI is InChI=1S/C10H13ClN2O/c11-10-2-1-9(14-10)6-13-5-7-3-8(13)4-12-7/h1-2,7-8,12H,3-6H2/t7-,8-/m0/s1. The molecule has 1 aromatic heterocycles. The van der Waals surface area contributed by atoms with Crippen LogP contribution in [0.15, 0.2) is 16.5 Å². The summed E-state index contributed by atoms with van der Waals surface area (Å²) in [5, 5.41) is 3.97. The molecule has 14 heavy (non-hydrogen) atoms. The van der Waals surface area contributed by atoms with E-state index in [2.05, 4.69) is 10.2 Å². The van der Waals surface area contributed by atoms with Gasteiger partial charge in [-0.2, -0.15) is 0 Å². The molecule has 0 spiro atoms. The number of likely N-dealkylation sites (tertiary alicyclic amines) is 1. The minimum Gasteiger partial charge on any atom is -0.448 e. The first-order valence-corrected chi connectivity index (χ1v) is 5.41. The van der Waals surface area contributed by atoms with E-state index in [0.29, 0.717) is 17.3 Å². The van der Waals surface area contributed by atoms with Gasteiger partial charge in [-0.3, -0.25) is 4.90 Å². The predicted octanol–water partition coefficient (Wildman–Crippen LogP) is 1.48. The molecule has 0 amide bonds. The van der Waals surface area contributed by atoms with Gasteiger partial charge in [-0.25, -0.2) is 0 Å². The highest BCUT2D eigenvalue weighted by Crippen LogP contribution is 2.25. The van der Waals surface area contributed by atoms with Gasteiger partial charge in [0.15, 0.2) is 5.22 Å². The summed E-state index contributed by atoms with van der Waals surface area (Å²) in [6, 6.07) is 5.17. The summed E-state index contributed by atoms with van der Waals surface area (Å²) in [7, 11) is 0. The molecule has 0 unspecified atom stereocenters. The van der Waals surface area contributed by atoms with Crippen LogP contribution in [0.25, 0.3) is 0 Å². The molecule has 2 saturated heterocycles. The summed E-state index contributed by atoms with van der Waals surface area (Å²) in [5.41, 5.74) is 0. The molecule has 3 heterocycles. The molecule has 2 aliphatic heterocycles. The highest BCUT2D eigenvalue weighted by molar-refractivity contribution is 6.28. The van der Waals surface area contributed by atoms with Gasteiger partial charge in [0.1, 0.15) is 5.76 Å². The van der Waals surface area contributed by atoms with Crippen LogP contribution in [-0.4, -0.2) is 30.1 Å². The second-order valence-electron chi connectivity index (χ2n) is 4.13. The Morgan fingerprint density at radius 3 is 3.07 bits per heavy atom. The lowest BCUT2D eigenvalue weighted by molar-refractivity contribution is 0.202. The lowest BCUT2D eigenvalue weighted by Crippen LogP contribution is -2.42. The Labute approximate surface area is 88.0 Å². The zero-order valence-corrected chi connectivity index (χ0v) is 8.63. The monoisotopic (exact) mass is 212 g/mol. The van der Waals surface area contributed by atoms with Crippen molar-refractivity contribution in [1.29, 1.82) is 0 Å². The maximum absolute atomic E-state index is 5.73. The molecule has 2 bridgehead atoms. The molecule has 2 atom stereocenters. The third-order valence-corrected chi connectivity index (χ3v) is 3.36. The van der Waals surface area contributed by atoms with E-state index in [-0.39, 0.29) is 0 Å². The largest absolute Gasteiger partial charge is 0.448 e. The van der Waals surface area contributed by atoms with E-state index in [1.165, 1.54) is 6.42 Å². The topological polar surface area (TPSA) is 28.4 Å². The molecule has 3 nitrogen and oxygen atoms in total. The third-order valence-electron chi connectivity index (χ3n) is 3.16. The fourth-order valence-electron chi connectivity index (χ4n) is 2.48. The first-order chi connectivity index (χ1) is 6.81. The number of rotatable bonds is 2. The van der Waals surface area contributed by atoms with Gasteiger partial charge in [0, 0.05) is 25.2 Å². The minimum absolute atomic E-state index is 0.488. The van der Waals surface area contributed by atoms with Gasteiger partial charge >= 0.3 is 0 Å². The average molecular weight is 213 g/mol. The molecule has 0 radical (unpaired) electrons. The number of furan rings is 1. The summed E-state index contributed by atoms with van der Waals surface area (Å²) in [6.07, 6.45) is 1.29. The predicted molar refractivity (Wildman–Crippen MR) is 54.3 cm³/mol. The van der Waals surface area contributed by atoms with E-state index < -0.39 is 0 Å². The van der Waals surface area contributed by atoms with Gasteiger partial charge in [-0.05, 0) is 30.2 Å². The zero-order valence-electron chi connectivity index (χ0n) is 7.87. The Bertz CT molecular complexity index is 339. The van der Waals surface area contributed by atoms with Crippen LogP contribution >= 0.6 is 11.6 Å². The van der Waals surface area contributed by atoms with Crippen LogP contribution in [-0.2, 0) is 6.54 Å². The van der Waals surface area contributed by atoms with E-state index in [4.69, 9.17) is 16.0 Å². The van der Waals surface area contributed by atoms with Gasteiger partial charge in [-0.15, -0.1) is 0 Å². The van der Waals surface area contributed by atoms with Crippen LogP contribution in [0.4, 0.5) is 0 Å². The summed E-state index contributed by atoms with van der Waals surface area (Å²) < 4.78 is 5.36. The van der Waals surface area contributed by atoms with Crippen LogP contribution < -0.4 is 5.32 Å². The van der Waals surface area contributed by atoms with E-state index in [9.17, 15) is 0 Å². The van der Waals surface area contributed by atoms with E-state index >= 15 is 0 Å². The van der Waals surface area contributed by atoms with Crippen molar-refractivity contribution in [2.24, 2.45) is 0 Å². The summed E-state index contributed by atoms with van der Waals surface area (Å²) in [4.78, 5) is 2.47. The molecule has 3 rings (SSSR count). The van der Waals surface area contributed by atoms with Crippen LogP contribution in [0.3, 0.4) is 0 Å². The number of nitrogens with one attached hydrogen (secondary N) is 1. The molecule has 0 saturated carbocycles. The van der Waals surface area contributed by atoms with Crippen LogP contribution in [0, 0.1) is 0 Å². The SMILES string of the molecule is Clc1ccc(CN2C[C@@H]3C[C@H]2CN3)o1. The van der Waals surface area contributed by atoms with Gasteiger partial charge < -0.3 is 9.73 Å². The van der Waals surface area contributed by atoms with Crippen molar-refractivity contribution in [3.05, 3.63) is 23.1 Å². The molecular weight excluding hydrogens is 200 g/mol. The van der Waals surface area contributed by atoms with Crippen molar-refractivity contribution >= 4 is 11.6 Å². The van der Waals surface area contributed by atoms with Crippen LogP contribution in [0.1, 0.15) is 12.2 Å². The number of nitrogens with zero attached hydrogens (tertiary/aromatic N) is 1. The molecular formula is C10H13ClN2O. The zero-order chi connectivity index (χ0) is 9.54. The van der Waals surface area contributed by atoms with Crippen molar-refractivity contribution in [2.45, 2.75) is 25.0 Å². The maximum atomic E-state index is 5.73. The lowest BCUT2D eigenvalue weighted by Gasteiger charge is -2.25. The number of piperazine rings is 1. The summed E-state index contributed by atoms with van der Waals surface area (Å²) in [5.74, 6) is 0.975. The van der Waals surface area contributed by atoms with E-state index in [1.54, 1.807) is 0 Å². The number of hydrogen-bond donors (Lipinski definition) is 1. The number of hydrogen-bond acceptors (Lipinski definition) is 3. The summed E-state index contributed by atoms with van der Waals surface area (Å²) >= 11 is 5.73. The van der Waals surface area contributed by atoms with Gasteiger partial charge in [0.05, 0.1) is 6.54 Å². The molecule has 76 valence electrons. The van der Waals surface area contributed by atoms with Crippen molar-refractivity contribution < 1.29 is 4.42 Å². The molecule has 2 aliphatic rings. The van der Waals surface area contributed by atoms with E-state index in [0.717, 1.165) is 25.4 Å². The highest BCUT2D eigenvalue weighted by Gasteiger charge is 2.37. The maximum Gasteiger partial charge on any atom is 0.193 e. The fourth-order valence-corrected chi connectivity index (χ4v) is 2.64. The molecule has 2 fully saturated rings. The van der Waals surface area contributed by atoms with E-state index in [1.807, 2.05) is 12.1 Å². The van der Waals surface area contributed by atoms with Crippen molar-refractivity contribution in [2.75, 3.05) is 13.1 Å². The molecule has 1 N–H and O–H groups in total. The average Bonchev–Trinajstić information content (AvgIpc) is 2.82. The van der Waals surface area contributed by atoms with Crippen molar-refractivity contribution in [1.82, 2.24) is 10.2 Å². The molecule has 1 aromatic rings. The van der Waals surface area contributed by atoms with Crippen LogP contribution in [0.5, 0.6) is 0 Å². The normalized spacial score (nSPS) is 31.5. The quantitative estimate of drug-likeness (QED) is 0.805. The first kappa shape index (κ1) is 8.77. The Morgan fingerprint density at radius 1 is 1.57 bits per heavy atom. The summed E-state index contributed by atoms with van der Waals surface area (Å²) in [6.45, 7) is 3.16. The smallest absolute Gasteiger partial charge is 0.193 e. The molecule has 0 aliphatic carbocycles. The Balaban J connectivity index is 1.68. The van der Waals surface area contributed by atoms with Crippen molar-refractivity contribution in [3.8, 4) is 0 Å². The highest BCUT2D eigenvalue weighted by atomic mass is 35.5. The first-order valence-electron chi connectivity index (χ1n) is 5.03. The minimum atomic E-state index is 0.488. The Kier molecular flexibility index (Phi) is 2.04. The number of fused-ring (bicyclic) bond motifs is 2. The Hall–Kier alpha value is -0.510. The third kappa shape index (κ3) is 1.45.